The van der Waals surface area contributed by atoms with E-state index in [1.807, 2.05) is 12.3 Å². The highest BCUT2D eigenvalue weighted by Gasteiger charge is 2.31. The molecule has 1 aromatic heterocycles. The topological polar surface area (TPSA) is 44.1 Å². The third kappa shape index (κ3) is 1.73. The molecule has 0 radical (unpaired) electrons. The monoisotopic (exact) mass is 240 g/mol. The number of carbonyl (C=O) groups is 1. The molecule has 1 aliphatic heterocycles. The van der Waals surface area contributed by atoms with Crippen LogP contribution < -0.4 is 4.90 Å². The second kappa shape index (κ2) is 3.84. The maximum absolute atomic E-state index is 11.6. The molecule has 1 fully saturated rings. The quantitative estimate of drug-likeness (QED) is 0.707. The first-order valence-corrected chi connectivity index (χ1v) is 5.87. The van der Waals surface area contributed by atoms with Gasteiger partial charge in [-0.25, -0.2) is 0 Å². The van der Waals surface area contributed by atoms with Crippen molar-refractivity contribution in [3.63, 3.8) is 0 Å². The van der Waals surface area contributed by atoms with Gasteiger partial charge in [0.2, 0.25) is 5.91 Å². The molecule has 0 aliphatic carbocycles. The maximum atomic E-state index is 11.6. The van der Waals surface area contributed by atoms with Crippen molar-refractivity contribution in [2.24, 2.45) is 0 Å². The van der Waals surface area contributed by atoms with Crippen molar-refractivity contribution in [1.29, 1.82) is 5.26 Å². The minimum Gasteiger partial charge on any atom is -0.301 e. The number of hydrogen-bond acceptors (Lipinski definition) is 3. The predicted octanol–water partition coefficient (Wildman–Crippen LogP) is 2.27. The lowest BCUT2D eigenvalue weighted by molar-refractivity contribution is -0.117. The first kappa shape index (κ1) is 10.5. The van der Waals surface area contributed by atoms with Crippen molar-refractivity contribution < 1.29 is 4.79 Å². The highest BCUT2D eigenvalue weighted by molar-refractivity contribution is 7.14. The number of hydrogen-bond donors (Lipinski definition) is 0. The molecule has 0 aromatic carbocycles. The van der Waals surface area contributed by atoms with Gasteiger partial charge in [-0.1, -0.05) is 0 Å². The molecule has 1 unspecified atom stereocenters. The van der Waals surface area contributed by atoms with Crippen LogP contribution >= 0.6 is 22.9 Å². The largest absolute Gasteiger partial charge is 0.301 e. The highest BCUT2D eigenvalue weighted by atomic mass is 35.5. The Morgan fingerprint density at radius 3 is 3.00 bits per heavy atom. The molecule has 15 heavy (non-hydrogen) atoms. The average Bonchev–Trinajstić information content (AvgIpc) is 2.69. The molecule has 1 saturated heterocycles. The molecule has 3 nitrogen and oxygen atoms in total. The Kier molecular flexibility index (Phi) is 2.68. The summed E-state index contributed by atoms with van der Waals surface area (Å²) in [4.78, 5) is 13.2. The number of anilines is 1. The first-order valence-electron chi connectivity index (χ1n) is 4.56. The Morgan fingerprint density at radius 2 is 2.47 bits per heavy atom. The van der Waals surface area contributed by atoms with E-state index in [0.29, 0.717) is 18.5 Å². The SMILES string of the molecule is Cc1csc(N2CC(Cl)CC2=O)c1C#N. The molecule has 0 saturated carbocycles. The molecule has 0 N–H and O–H groups in total. The summed E-state index contributed by atoms with van der Waals surface area (Å²) in [7, 11) is 0. The lowest BCUT2D eigenvalue weighted by Crippen LogP contribution is -2.24. The van der Waals surface area contributed by atoms with Crippen LogP contribution in [0.25, 0.3) is 0 Å². The van der Waals surface area contributed by atoms with Gasteiger partial charge in [0.15, 0.2) is 0 Å². The molecule has 5 heteroatoms. The van der Waals surface area contributed by atoms with E-state index in [4.69, 9.17) is 16.9 Å². The smallest absolute Gasteiger partial charge is 0.229 e. The third-order valence-electron chi connectivity index (χ3n) is 2.39. The van der Waals surface area contributed by atoms with Crippen LogP contribution in [0.4, 0.5) is 5.00 Å². The fourth-order valence-electron chi connectivity index (χ4n) is 1.63. The standard InChI is InChI=1S/C10H9ClN2OS/c1-6-5-15-10(8(6)3-12)13-4-7(11)2-9(13)14/h5,7H,2,4H2,1H3. The van der Waals surface area contributed by atoms with Crippen molar-refractivity contribution in [2.75, 3.05) is 11.4 Å². The number of aryl methyl sites for hydroxylation is 1. The Labute approximate surface area is 96.9 Å². The number of halogens is 1. The zero-order chi connectivity index (χ0) is 11.0. The van der Waals surface area contributed by atoms with Gasteiger partial charge in [-0.3, -0.25) is 4.79 Å². The first-order chi connectivity index (χ1) is 7.13. The van der Waals surface area contributed by atoms with E-state index in [1.54, 1.807) is 4.90 Å². The molecule has 0 bridgehead atoms. The van der Waals surface area contributed by atoms with Crippen LogP contribution in [0.5, 0.6) is 0 Å². The Morgan fingerprint density at radius 1 is 1.73 bits per heavy atom. The number of amides is 1. The lowest BCUT2D eigenvalue weighted by atomic mass is 10.2. The fraction of sp³-hybridized carbons (Fsp3) is 0.400. The van der Waals surface area contributed by atoms with E-state index in [1.165, 1.54) is 11.3 Å². The summed E-state index contributed by atoms with van der Waals surface area (Å²) < 4.78 is 0. The van der Waals surface area contributed by atoms with Gasteiger partial charge in [-0.15, -0.1) is 22.9 Å². The molecular formula is C10H9ClN2OS. The molecule has 78 valence electrons. The normalized spacial score (nSPS) is 20.7. The van der Waals surface area contributed by atoms with Gasteiger partial charge in [0, 0.05) is 13.0 Å². The molecule has 1 aromatic rings. The van der Waals surface area contributed by atoms with E-state index in [9.17, 15) is 4.79 Å². The molecular weight excluding hydrogens is 232 g/mol. The summed E-state index contributed by atoms with van der Waals surface area (Å²) in [5, 5.41) is 11.5. The van der Waals surface area contributed by atoms with Crippen LogP contribution in [0.15, 0.2) is 5.38 Å². The molecule has 1 amide bonds. The molecule has 1 aliphatic rings. The van der Waals surface area contributed by atoms with Crippen LogP contribution in [0.3, 0.4) is 0 Å². The van der Waals surface area contributed by atoms with E-state index in [2.05, 4.69) is 6.07 Å². The van der Waals surface area contributed by atoms with Crippen molar-refractivity contribution in [3.05, 3.63) is 16.5 Å². The van der Waals surface area contributed by atoms with E-state index in [-0.39, 0.29) is 11.3 Å². The zero-order valence-electron chi connectivity index (χ0n) is 8.16. The Balaban J connectivity index is 2.39. The third-order valence-corrected chi connectivity index (χ3v) is 3.80. The number of alkyl halides is 1. The minimum atomic E-state index is -0.133. The van der Waals surface area contributed by atoms with Crippen LogP contribution in [0.1, 0.15) is 17.5 Å². The summed E-state index contributed by atoms with van der Waals surface area (Å²) >= 11 is 7.34. The van der Waals surface area contributed by atoms with Gasteiger partial charge < -0.3 is 4.90 Å². The Bertz CT molecular complexity index is 449. The van der Waals surface area contributed by atoms with Gasteiger partial charge in [-0.2, -0.15) is 5.26 Å². The number of nitriles is 1. The summed E-state index contributed by atoms with van der Waals surface area (Å²) in [5.74, 6) is 0.00773. The number of rotatable bonds is 1. The van der Waals surface area contributed by atoms with E-state index >= 15 is 0 Å². The van der Waals surface area contributed by atoms with Gasteiger partial charge >= 0.3 is 0 Å². The van der Waals surface area contributed by atoms with Crippen molar-refractivity contribution >= 4 is 33.8 Å². The van der Waals surface area contributed by atoms with E-state index < -0.39 is 0 Å². The number of carbonyl (C=O) groups excluding carboxylic acids is 1. The maximum Gasteiger partial charge on any atom is 0.229 e. The van der Waals surface area contributed by atoms with Crippen LogP contribution in [-0.2, 0) is 4.79 Å². The highest BCUT2D eigenvalue weighted by Crippen LogP contribution is 2.34. The molecule has 0 spiro atoms. The second-order valence-corrected chi connectivity index (χ2v) is 4.99. The summed E-state index contributed by atoms with van der Waals surface area (Å²) in [6.45, 7) is 2.38. The molecule has 2 rings (SSSR count). The van der Waals surface area contributed by atoms with Gasteiger partial charge in [-0.05, 0) is 17.9 Å². The average molecular weight is 241 g/mol. The number of thiophene rings is 1. The fourth-order valence-corrected chi connectivity index (χ4v) is 2.93. The van der Waals surface area contributed by atoms with Crippen LogP contribution in [0.2, 0.25) is 0 Å². The van der Waals surface area contributed by atoms with Crippen molar-refractivity contribution in [3.8, 4) is 6.07 Å². The minimum absolute atomic E-state index is 0.00773. The Hall–Kier alpha value is -1.05. The zero-order valence-corrected chi connectivity index (χ0v) is 9.73. The van der Waals surface area contributed by atoms with Gasteiger partial charge in [0.25, 0.3) is 0 Å². The second-order valence-electron chi connectivity index (χ2n) is 3.52. The summed E-state index contributed by atoms with van der Waals surface area (Å²) in [6.07, 6.45) is 0.364. The number of nitrogens with zero attached hydrogens (tertiary/aromatic N) is 2. The predicted molar refractivity (Wildman–Crippen MR) is 60.4 cm³/mol. The van der Waals surface area contributed by atoms with Gasteiger partial charge in [0.1, 0.15) is 11.1 Å². The summed E-state index contributed by atoms with van der Waals surface area (Å²) in [5.41, 5.74) is 1.52. The molecule has 1 atom stereocenters. The van der Waals surface area contributed by atoms with Crippen LogP contribution in [-0.4, -0.2) is 17.8 Å². The molecule has 2 heterocycles. The van der Waals surface area contributed by atoms with E-state index in [0.717, 1.165) is 10.6 Å². The van der Waals surface area contributed by atoms with Crippen LogP contribution in [0, 0.1) is 18.3 Å². The lowest BCUT2D eigenvalue weighted by Gasteiger charge is -2.13. The van der Waals surface area contributed by atoms with Crippen molar-refractivity contribution in [1.82, 2.24) is 0 Å². The van der Waals surface area contributed by atoms with Gasteiger partial charge in [0.05, 0.1) is 10.9 Å². The van der Waals surface area contributed by atoms with Crippen molar-refractivity contribution in [2.45, 2.75) is 18.7 Å². The summed E-state index contributed by atoms with van der Waals surface area (Å²) in [6, 6.07) is 2.13.